The summed E-state index contributed by atoms with van der Waals surface area (Å²) < 4.78 is 15.6. The van der Waals surface area contributed by atoms with E-state index in [0.717, 1.165) is 29.4 Å². The highest BCUT2D eigenvalue weighted by Crippen LogP contribution is 2.26. The van der Waals surface area contributed by atoms with Crippen LogP contribution in [-0.2, 0) is 28.6 Å². The second-order valence-corrected chi connectivity index (χ2v) is 9.77. The lowest BCUT2D eigenvalue weighted by Crippen LogP contribution is -2.29. The first-order valence-corrected chi connectivity index (χ1v) is 13.8. The molecular weight excluding hydrogens is 528 g/mol. The maximum absolute atomic E-state index is 12.5. The molecule has 220 valence electrons. The maximum atomic E-state index is 12.5. The molecule has 1 amide bonds. The normalized spacial score (nSPS) is 14.3. The predicted octanol–water partition coefficient (Wildman–Crippen LogP) is 2.62. The van der Waals surface area contributed by atoms with Crippen LogP contribution in [0.5, 0.6) is 0 Å². The number of aliphatic carboxylic acids is 1. The Balaban J connectivity index is 1.32. The first kappa shape index (κ1) is 31.5. The van der Waals surface area contributed by atoms with Crippen molar-refractivity contribution in [1.29, 1.82) is 5.26 Å². The number of nitriles is 1. The first-order valence-electron chi connectivity index (χ1n) is 13.8. The molecule has 41 heavy (non-hydrogen) atoms. The number of carbonyl (C=O) groups is 3. The van der Waals surface area contributed by atoms with Crippen LogP contribution in [0.3, 0.4) is 0 Å². The summed E-state index contributed by atoms with van der Waals surface area (Å²) in [6.45, 7) is 3.34. The Kier molecular flexibility index (Phi) is 13.1. The molecule has 3 rings (SSSR count). The van der Waals surface area contributed by atoms with Crippen LogP contribution in [0.25, 0.3) is 16.8 Å². The molecule has 1 aliphatic heterocycles. The van der Waals surface area contributed by atoms with E-state index in [-0.39, 0.29) is 58.0 Å². The van der Waals surface area contributed by atoms with Gasteiger partial charge >= 0.3 is 11.9 Å². The topological polar surface area (TPSA) is 164 Å². The van der Waals surface area contributed by atoms with Gasteiger partial charge in [0, 0.05) is 31.4 Å². The van der Waals surface area contributed by atoms with Gasteiger partial charge in [-0.3, -0.25) is 14.4 Å². The highest BCUT2D eigenvalue weighted by molar-refractivity contribution is 6.02. The van der Waals surface area contributed by atoms with Crippen LogP contribution < -0.4 is 16.0 Å². The fourth-order valence-corrected chi connectivity index (χ4v) is 4.44. The van der Waals surface area contributed by atoms with Crippen LogP contribution in [0.2, 0.25) is 0 Å². The van der Waals surface area contributed by atoms with E-state index in [9.17, 15) is 19.6 Å². The Morgan fingerprint density at radius 1 is 0.976 bits per heavy atom. The number of carbonyl (C=O) groups excluding carboxylic acids is 2. The van der Waals surface area contributed by atoms with Gasteiger partial charge < -0.3 is 35.3 Å². The predicted molar refractivity (Wildman–Crippen MR) is 154 cm³/mol. The van der Waals surface area contributed by atoms with Crippen molar-refractivity contribution < 1.29 is 33.7 Å². The lowest BCUT2D eigenvalue weighted by molar-refractivity contribution is -0.146. The largest absolute Gasteiger partial charge is 0.481 e. The molecule has 11 nitrogen and oxygen atoms in total. The molecule has 0 saturated carbocycles. The summed E-state index contributed by atoms with van der Waals surface area (Å²) in [5.74, 6) is -2.13. The highest BCUT2D eigenvalue weighted by atomic mass is 16.6. The van der Waals surface area contributed by atoms with E-state index in [0.29, 0.717) is 0 Å². The summed E-state index contributed by atoms with van der Waals surface area (Å²) >= 11 is 0. The molecule has 0 spiro atoms. The van der Waals surface area contributed by atoms with Gasteiger partial charge in [-0.05, 0) is 59.9 Å². The molecule has 1 heterocycles. The van der Waals surface area contributed by atoms with Gasteiger partial charge in [0.25, 0.3) is 5.91 Å². The number of benzene rings is 2. The molecule has 0 unspecified atom stereocenters. The van der Waals surface area contributed by atoms with Gasteiger partial charge in [0.05, 0.1) is 39.3 Å². The van der Waals surface area contributed by atoms with Gasteiger partial charge in [-0.15, -0.1) is 0 Å². The number of hydrogen-bond donors (Lipinski definition) is 3. The van der Waals surface area contributed by atoms with E-state index in [1.807, 2.05) is 24.3 Å². The van der Waals surface area contributed by atoms with Crippen LogP contribution in [0.15, 0.2) is 42.0 Å². The van der Waals surface area contributed by atoms with Crippen LogP contribution in [0.4, 0.5) is 5.69 Å². The van der Waals surface area contributed by atoms with Gasteiger partial charge in [0.1, 0.15) is 18.2 Å². The van der Waals surface area contributed by atoms with E-state index in [4.69, 9.17) is 25.1 Å². The molecule has 0 bridgehead atoms. The number of carboxylic acids is 1. The molecule has 1 atom stereocenters. The Morgan fingerprint density at radius 2 is 1.66 bits per heavy atom. The van der Waals surface area contributed by atoms with Crippen molar-refractivity contribution in [2.24, 2.45) is 5.73 Å². The van der Waals surface area contributed by atoms with Gasteiger partial charge in [-0.1, -0.05) is 18.2 Å². The van der Waals surface area contributed by atoms with Gasteiger partial charge in [-0.2, -0.15) is 5.26 Å². The van der Waals surface area contributed by atoms with Crippen molar-refractivity contribution in [3.63, 3.8) is 0 Å². The van der Waals surface area contributed by atoms with Gasteiger partial charge in [0.15, 0.2) is 0 Å². The Morgan fingerprint density at radius 3 is 2.39 bits per heavy atom. The van der Waals surface area contributed by atoms with Crippen LogP contribution in [0, 0.1) is 11.3 Å². The zero-order valence-electron chi connectivity index (χ0n) is 23.2. The zero-order chi connectivity index (χ0) is 29.5. The summed E-state index contributed by atoms with van der Waals surface area (Å²) in [6, 6.07) is 13.5. The molecule has 0 aliphatic carbocycles. The van der Waals surface area contributed by atoms with Crippen molar-refractivity contribution in [2.45, 2.75) is 38.1 Å². The van der Waals surface area contributed by atoms with Crippen molar-refractivity contribution >= 4 is 40.4 Å². The number of esters is 1. The molecule has 0 aromatic heterocycles. The number of carboxylic acid groups (broad SMARTS) is 1. The summed E-state index contributed by atoms with van der Waals surface area (Å²) in [5, 5.41) is 23.0. The third-order valence-corrected chi connectivity index (χ3v) is 6.51. The van der Waals surface area contributed by atoms with E-state index in [2.05, 4.69) is 28.4 Å². The van der Waals surface area contributed by atoms with E-state index >= 15 is 0 Å². The highest BCUT2D eigenvalue weighted by Gasteiger charge is 2.14. The number of hydrogen-bond acceptors (Lipinski definition) is 9. The molecule has 4 N–H and O–H groups in total. The minimum atomic E-state index is -1.07. The molecule has 0 radical (unpaired) electrons. The van der Waals surface area contributed by atoms with Gasteiger partial charge in [-0.25, -0.2) is 0 Å². The van der Waals surface area contributed by atoms with Crippen LogP contribution >= 0.6 is 0 Å². The standard InChI is InChI=1S/C30H38N4O7/c31-21-25(17-22-4-5-24-18-27(7-6-23(24)16-22)34-9-2-1-3-10-34)30(38)33-8-11-39-12-13-40-14-15-41-29(37)20-26(32)19-28(35)36/h4-7,16-18,26H,1-3,8-15,19-20,32H2,(H,33,38)(H,35,36)/b25-17+/t26-/m0/s1. The number of ether oxygens (including phenoxy) is 3. The number of nitrogens with one attached hydrogen (secondary N) is 1. The lowest BCUT2D eigenvalue weighted by atomic mass is 10.0. The van der Waals surface area contributed by atoms with Crippen LogP contribution in [0.1, 0.15) is 37.7 Å². The Hall–Kier alpha value is -3.98. The summed E-state index contributed by atoms with van der Waals surface area (Å²) in [7, 11) is 0. The third kappa shape index (κ3) is 11.2. The number of nitrogens with two attached hydrogens (primary N) is 1. The molecule has 1 aliphatic rings. The Labute approximate surface area is 239 Å². The fraction of sp³-hybridized carbons (Fsp3) is 0.467. The second-order valence-electron chi connectivity index (χ2n) is 9.77. The third-order valence-electron chi connectivity index (χ3n) is 6.51. The lowest BCUT2D eigenvalue weighted by Gasteiger charge is -2.29. The quantitative estimate of drug-likeness (QED) is 0.119. The molecule has 11 heteroatoms. The average molecular weight is 567 g/mol. The molecule has 1 saturated heterocycles. The molecule has 2 aromatic carbocycles. The minimum Gasteiger partial charge on any atom is -0.481 e. The molecule has 2 aromatic rings. The van der Waals surface area contributed by atoms with Crippen molar-refractivity contribution in [1.82, 2.24) is 5.32 Å². The zero-order valence-corrected chi connectivity index (χ0v) is 23.2. The number of rotatable bonds is 16. The molecular formula is C30H38N4O7. The summed E-state index contributed by atoms with van der Waals surface area (Å²) in [5.41, 5.74) is 7.54. The minimum absolute atomic E-state index is 0.0103. The molecule has 1 fully saturated rings. The van der Waals surface area contributed by atoms with Gasteiger partial charge in [0.2, 0.25) is 0 Å². The number of anilines is 1. The SMILES string of the molecule is N#C/C(=C\c1ccc2cc(N3CCCCC3)ccc2c1)C(=O)NCCOCCOCCOC(=O)C[C@@H](N)CC(=O)O. The first-order chi connectivity index (χ1) is 19.9. The van der Waals surface area contributed by atoms with Crippen molar-refractivity contribution in [2.75, 3.05) is 57.6 Å². The number of fused-ring (bicyclic) bond motifs is 1. The van der Waals surface area contributed by atoms with Crippen LogP contribution in [-0.4, -0.2) is 81.7 Å². The number of amides is 1. The Bertz CT molecular complexity index is 1250. The summed E-state index contributed by atoms with van der Waals surface area (Å²) in [4.78, 5) is 37.0. The maximum Gasteiger partial charge on any atom is 0.307 e. The van der Waals surface area contributed by atoms with Crippen molar-refractivity contribution in [3.05, 3.63) is 47.5 Å². The monoisotopic (exact) mass is 566 g/mol. The van der Waals surface area contributed by atoms with E-state index < -0.39 is 23.9 Å². The number of nitrogens with zero attached hydrogens (tertiary/aromatic N) is 2. The summed E-state index contributed by atoms with van der Waals surface area (Å²) in [6.07, 6.45) is 4.83. The van der Waals surface area contributed by atoms with E-state index in [1.54, 1.807) is 6.08 Å². The second kappa shape index (κ2) is 17.0. The fourth-order valence-electron chi connectivity index (χ4n) is 4.44. The number of piperidine rings is 1. The average Bonchev–Trinajstić information content (AvgIpc) is 2.96. The van der Waals surface area contributed by atoms with E-state index in [1.165, 1.54) is 24.9 Å². The van der Waals surface area contributed by atoms with Crippen molar-refractivity contribution in [3.8, 4) is 6.07 Å². The smallest absolute Gasteiger partial charge is 0.307 e.